The summed E-state index contributed by atoms with van der Waals surface area (Å²) in [6, 6.07) is 11.2. The highest BCUT2D eigenvalue weighted by atomic mass is 35.5. The van der Waals surface area contributed by atoms with E-state index in [2.05, 4.69) is 5.32 Å². The van der Waals surface area contributed by atoms with E-state index in [1.54, 1.807) is 24.3 Å². The van der Waals surface area contributed by atoms with Crippen LogP contribution in [-0.4, -0.2) is 5.91 Å². The van der Waals surface area contributed by atoms with Crippen molar-refractivity contribution in [1.29, 1.82) is 5.26 Å². The lowest BCUT2D eigenvalue weighted by atomic mass is 10.1. The van der Waals surface area contributed by atoms with Gasteiger partial charge in [0.15, 0.2) is 0 Å². The molecule has 20 heavy (non-hydrogen) atoms. The number of nitriles is 1. The second kappa shape index (κ2) is 5.83. The summed E-state index contributed by atoms with van der Waals surface area (Å²) in [4.78, 5) is 12.1. The fourth-order valence-corrected chi connectivity index (χ4v) is 1.96. The van der Waals surface area contributed by atoms with Crippen molar-refractivity contribution in [3.63, 3.8) is 0 Å². The Hall–Kier alpha value is -2.22. The third-order valence-corrected chi connectivity index (χ3v) is 3.25. The van der Waals surface area contributed by atoms with Crippen LogP contribution in [-0.2, 0) is 0 Å². The van der Waals surface area contributed by atoms with Gasteiger partial charge in [0.2, 0.25) is 0 Å². The first-order chi connectivity index (χ1) is 9.51. The molecule has 0 aliphatic carbocycles. The van der Waals surface area contributed by atoms with E-state index in [1.165, 1.54) is 12.1 Å². The molecule has 0 fully saturated rings. The maximum atomic E-state index is 12.1. The first kappa shape index (κ1) is 14.2. The molecule has 0 radical (unpaired) electrons. The van der Waals surface area contributed by atoms with Gasteiger partial charge in [-0.3, -0.25) is 4.79 Å². The quantitative estimate of drug-likeness (QED) is 0.830. The molecule has 0 aromatic heterocycles. The summed E-state index contributed by atoms with van der Waals surface area (Å²) in [5.41, 5.74) is 7.19. The van der Waals surface area contributed by atoms with Crippen molar-refractivity contribution in [1.82, 2.24) is 0 Å². The molecule has 4 nitrogen and oxygen atoms in total. The van der Waals surface area contributed by atoms with Gasteiger partial charge in [-0.2, -0.15) is 5.26 Å². The Labute approximate surface area is 125 Å². The number of carbonyl (C=O) groups excluding carboxylic acids is 1. The predicted octanol–water partition coefficient (Wildman–Crippen LogP) is 3.70. The molecule has 0 bridgehead atoms. The Morgan fingerprint density at radius 2 is 1.90 bits per heavy atom. The molecule has 2 rings (SSSR count). The lowest BCUT2D eigenvalue weighted by Crippen LogP contribution is -2.12. The van der Waals surface area contributed by atoms with E-state index in [4.69, 9.17) is 34.2 Å². The summed E-state index contributed by atoms with van der Waals surface area (Å²) in [5, 5.41) is 12.0. The Morgan fingerprint density at radius 1 is 1.15 bits per heavy atom. The van der Waals surface area contributed by atoms with Gasteiger partial charge >= 0.3 is 0 Å². The van der Waals surface area contributed by atoms with Gasteiger partial charge in [0.1, 0.15) is 0 Å². The normalized spacial score (nSPS) is 9.85. The molecule has 6 heteroatoms. The molecule has 0 aliphatic heterocycles. The van der Waals surface area contributed by atoms with Gasteiger partial charge < -0.3 is 11.1 Å². The number of rotatable bonds is 2. The summed E-state index contributed by atoms with van der Waals surface area (Å²) in [6.07, 6.45) is 0. The lowest BCUT2D eigenvalue weighted by molar-refractivity contribution is 0.102. The minimum absolute atomic E-state index is 0.291. The molecule has 2 aromatic rings. The highest BCUT2D eigenvalue weighted by Gasteiger charge is 2.10. The molecule has 0 spiro atoms. The Bertz CT molecular complexity index is 723. The van der Waals surface area contributed by atoms with Gasteiger partial charge in [0, 0.05) is 5.56 Å². The predicted molar refractivity (Wildman–Crippen MR) is 80.0 cm³/mol. The number of nitrogens with two attached hydrogens (primary N) is 1. The number of anilines is 2. The Kier molecular flexibility index (Phi) is 4.14. The molecule has 1 amide bonds. The number of hydrogen-bond donors (Lipinski definition) is 2. The second-order valence-corrected chi connectivity index (χ2v) is 4.81. The van der Waals surface area contributed by atoms with E-state index in [0.29, 0.717) is 32.5 Å². The molecular formula is C14H9Cl2N3O. The molecule has 0 aliphatic rings. The number of benzene rings is 2. The number of carbonyl (C=O) groups is 1. The highest BCUT2D eigenvalue weighted by molar-refractivity contribution is 6.34. The van der Waals surface area contributed by atoms with Gasteiger partial charge in [0.25, 0.3) is 5.91 Å². The van der Waals surface area contributed by atoms with Gasteiger partial charge in [-0.1, -0.05) is 23.2 Å². The van der Waals surface area contributed by atoms with Crippen LogP contribution in [0.4, 0.5) is 11.4 Å². The third-order valence-electron chi connectivity index (χ3n) is 2.61. The first-order valence-corrected chi connectivity index (χ1v) is 6.33. The van der Waals surface area contributed by atoms with E-state index in [0.717, 1.165) is 0 Å². The molecule has 100 valence electrons. The molecule has 0 saturated heterocycles. The summed E-state index contributed by atoms with van der Waals surface area (Å²) >= 11 is 11.8. The number of halogens is 2. The van der Waals surface area contributed by atoms with Crippen molar-refractivity contribution in [2.75, 3.05) is 11.1 Å². The van der Waals surface area contributed by atoms with Crippen molar-refractivity contribution in [3.05, 3.63) is 57.6 Å². The Balaban J connectivity index is 2.23. The van der Waals surface area contributed by atoms with Crippen molar-refractivity contribution in [3.8, 4) is 6.07 Å². The maximum absolute atomic E-state index is 12.1. The molecule has 3 N–H and O–H groups in total. The average molecular weight is 306 g/mol. The standard InChI is InChI=1S/C14H9Cl2N3O/c15-10-6-9(2-3-12(10)18)14(20)19-13-4-1-8(7-17)5-11(13)16/h1-6H,18H2,(H,19,20). The first-order valence-electron chi connectivity index (χ1n) is 5.57. The summed E-state index contributed by atoms with van der Waals surface area (Å²) < 4.78 is 0. The van der Waals surface area contributed by atoms with Crippen molar-refractivity contribution in [2.24, 2.45) is 0 Å². The number of nitrogens with zero attached hydrogens (tertiary/aromatic N) is 1. The van der Waals surface area contributed by atoms with Crippen molar-refractivity contribution < 1.29 is 4.79 Å². The number of amides is 1. The number of hydrogen-bond acceptors (Lipinski definition) is 3. The van der Waals surface area contributed by atoms with E-state index in [1.807, 2.05) is 6.07 Å². The van der Waals surface area contributed by atoms with Crippen LogP contribution in [0.25, 0.3) is 0 Å². The number of nitrogen functional groups attached to an aromatic ring is 1. The zero-order valence-corrected chi connectivity index (χ0v) is 11.7. The summed E-state index contributed by atoms with van der Waals surface area (Å²) in [6.45, 7) is 0. The van der Waals surface area contributed by atoms with Crippen LogP contribution in [0.15, 0.2) is 36.4 Å². The lowest BCUT2D eigenvalue weighted by Gasteiger charge is -2.08. The van der Waals surface area contributed by atoms with Gasteiger partial charge in [-0.25, -0.2) is 0 Å². The van der Waals surface area contributed by atoms with Gasteiger partial charge in [-0.05, 0) is 36.4 Å². The minimum atomic E-state index is -0.362. The van der Waals surface area contributed by atoms with Crippen LogP contribution in [0.5, 0.6) is 0 Å². The SMILES string of the molecule is N#Cc1ccc(NC(=O)c2ccc(N)c(Cl)c2)c(Cl)c1. The maximum Gasteiger partial charge on any atom is 0.255 e. The summed E-state index contributed by atoms with van der Waals surface area (Å²) in [7, 11) is 0. The smallest absolute Gasteiger partial charge is 0.255 e. The van der Waals surface area contributed by atoms with Crippen LogP contribution < -0.4 is 11.1 Å². The van der Waals surface area contributed by atoms with Crippen LogP contribution in [0.2, 0.25) is 10.0 Å². The monoisotopic (exact) mass is 305 g/mol. The average Bonchev–Trinajstić information content (AvgIpc) is 2.43. The highest BCUT2D eigenvalue weighted by Crippen LogP contribution is 2.24. The van der Waals surface area contributed by atoms with Crippen LogP contribution in [0, 0.1) is 11.3 Å². The molecular weight excluding hydrogens is 297 g/mol. The fraction of sp³-hybridized carbons (Fsp3) is 0. The minimum Gasteiger partial charge on any atom is -0.398 e. The van der Waals surface area contributed by atoms with Crippen molar-refractivity contribution >= 4 is 40.5 Å². The zero-order chi connectivity index (χ0) is 14.7. The summed E-state index contributed by atoms with van der Waals surface area (Å²) in [5.74, 6) is -0.362. The third kappa shape index (κ3) is 3.02. The van der Waals surface area contributed by atoms with Gasteiger partial charge in [0.05, 0.1) is 33.1 Å². The van der Waals surface area contributed by atoms with Crippen LogP contribution in [0.1, 0.15) is 15.9 Å². The zero-order valence-electron chi connectivity index (χ0n) is 10.2. The molecule has 0 heterocycles. The van der Waals surface area contributed by atoms with Crippen LogP contribution >= 0.6 is 23.2 Å². The van der Waals surface area contributed by atoms with E-state index >= 15 is 0 Å². The van der Waals surface area contributed by atoms with E-state index < -0.39 is 0 Å². The van der Waals surface area contributed by atoms with E-state index in [-0.39, 0.29) is 5.91 Å². The van der Waals surface area contributed by atoms with Gasteiger partial charge in [-0.15, -0.1) is 0 Å². The van der Waals surface area contributed by atoms with E-state index in [9.17, 15) is 4.79 Å². The largest absolute Gasteiger partial charge is 0.398 e. The molecule has 0 saturated carbocycles. The number of nitrogens with one attached hydrogen (secondary N) is 1. The van der Waals surface area contributed by atoms with Crippen molar-refractivity contribution in [2.45, 2.75) is 0 Å². The fourth-order valence-electron chi connectivity index (χ4n) is 1.55. The van der Waals surface area contributed by atoms with Crippen LogP contribution in [0.3, 0.4) is 0 Å². The Morgan fingerprint density at radius 3 is 2.50 bits per heavy atom. The topological polar surface area (TPSA) is 78.9 Å². The molecule has 0 atom stereocenters. The second-order valence-electron chi connectivity index (χ2n) is 4.00. The molecule has 0 unspecified atom stereocenters. The molecule has 2 aromatic carbocycles.